The highest BCUT2D eigenvalue weighted by atomic mass is 79.9. The maximum atomic E-state index is 12.0. The molecule has 5 nitrogen and oxygen atoms in total. The van der Waals surface area contributed by atoms with Crippen molar-refractivity contribution in [3.8, 4) is 5.75 Å². The number of carbonyl (C=O) groups is 1. The van der Waals surface area contributed by atoms with Crippen LogP contribution in [0.1, 0.15) is 16.7 Å². The molecule has 0 unspecified atom stereocenters. The van der Waals surface area contributed by atoms with Gasteiger partial charge in [0, 0.05) is 25.8 Å². The Morgan fingerprint density at radius 3 is 2.41 bits per heavy atom. The third kappa shape index (κ3) is 6.77. The van der Waals surface area contributed by atoms with Gasteiger partial charge in [0.05, 0.1) is 16.3 Å². The molecule has 0 fully saturated rings. The number of halogens is 5. The van der Waals surface area contributed by atoms with Crippen LogP contribution in [0.5, 0.6) is 5.75 Å². The highest BCUT2D eigenvalue weighted by molar-refractivity contribution is 9.10. The number of hydrogen-bond donors (Lipinski definition) is 2. The SMILES string of the molecule is Cc1cc(NC(=O)N/N=C/c2cc(Cl)c(OCc3ccc(Cl)cc3Cl)c(Cl)c2)ccc1Br. The van der Waals surface area contributed by atoms with Crippen molar-refractivity contribution in [2.24, 2.45) is 5.10 Å². The fourth-order valence-electron chi connectivity index (χ4n) is 2.63. The van der Waals surface area contributed by atoms with Crippen molar-refractivity contribution in [2.75, 3.05) is 5.32 Å². The van der Waals surface area contributed by atoms with Crippen molar-refractivity contribution >= 4 is 80.3 Å². The summed E-state index contributed by atoms with van der Waals surface area (Å²) >= 11 is 28.1. The van der Waals surface area contributed by atoms with Crippen molar-refractivity contribution in [3.05, 3.63) is 89.8 Å². The van der Waals surface area contributed by atoms with Gasteiger partial charge >= 0.3 is 6.03 Å². The summed E-state index contributed by atoms with van der Waals surface area (Å²) in [5, 5.41) is 8.21. The van der Waals surface area contributed by atoms with E-state index in [4.69, 9.17) is 51.1 Å². The molecular formula is C22H16BrCl4N3O2. The van der Waals surface area contributed by atoms with Crippen LogP contribution in [0.2, 0.25) is 20.1 Å². The van der Waals surface area contributed by atoms with E-state index < -0.39 is 6.03 Å². The minimum absolute atomic E-state index is 0.167. The first-order valence-corrected chi connectivity index (χ1v) is 11.5. The molecule has 0 saturated carbocycles. The first-order chi connectivity index (χ1) is 15.2. The number of aryl methyl sites for hydroxylation is 1. The van der Waals surface area contributed by atoms with Crippen molar-refractivity contribution < 1.29 is 9.53 Å². The molecule has 0 aliphatic rings. The van der Waals surface area contributed by atoms with Crippen LogP contribution in [-0.2, 0) is 6.61 Å². The highest BCUT2D eigenvalue weighted by Gasteiger charge is 2.11. The number of nitrogens with zero attached hydrogens (tertiary/aromatic N) is 1. The molecule has 0 radical (unpaired) electrons. The molecule has 0 heterocycles. The fourth-order valence-corrected chi connectivity index (χ4v) is 3.95. The van der Waals surface area contributed by atoms with Gasteiger partial charge in [-0.3, -0.25) is 0 Å². The number of ether oxygens (including phenoxy) is 1. The van der Waals surface area contributed by atoms with Crippen LogP contribution in [0.3, 0.4) is 0 Å². The molecule has 2 N–H and O–H groups in total. The summed E-state index contributed by atoms with van der Waals surface area (Å²) < 4.78 is 6.69. The van der Waals surface area contributed by atoms with Gasteiger partial charge in [-0.25, -0.2) is 10.2 Å². The van der Waals surface area contributed by atoms with Gasteiger partial charge in [0.15, 0.2) is 5.75 Å². The molecule has 3 aromatic rings. The van der Waals surface area contributed by atoms with E-state index in [1.165, 1.54) is 6.21 Å². The largest absolute Gasteiger partial charge is 0.486 e. The number of hydrazone groups is 1. The maximum Gasteiger partial charge on any atom is 0.339 e. The van der Waals surface area contributed by atoms with E-state index in [1.807, 2.05) is 19.1 Å². The lowest BCUT2D eigenvalue weighted by Gasteiger charge is -2.12. The Bertz CT molecular complexity index is 1160. The molecule has 3 aromatic carbocycles. The molecule has 0 aliphatic heterocycles. The Kier molecular flexibility index (Phi) is 8.68. The molecule has 0 spiro atoms. The Morgan fingerprint density at radius 2 is 1.75 bits per heavy atom. The number of hydrogen-bond acceptors (Lipinski definition) is 3. The second-order valence-corrected chi connectivity index (χ2v) is 9.14. The number of rotatable bonds is 6. The van der Waals surface area contributed by atoms with Gasteiger partial charge in [-0.15, -0.1) is 0 Å². The van der Waals surface area contributed by atoms with E-state index in [-0.39, 0.29) is 6.61 Å². The minimum Gasteiger partial charge on any atom is -0.486 e. The van der Waals surface area contributed by atoms with Crippen LogP contribution in [0.25, 0.3) is 0 Å². The van der Waals surface area contributed by atoms with Crippen LogP contribution < -0.4 is 15.5 Å². The number of carbonyl (C=O) groups excluding carboxylic acids is 1. The van der Waals surface area contributed by atoms with Crippen LogP contribution in [-0.4, -0.2) is 12.2 Å². The van der Waals surface area contributed by atoms with Crippen molar-refractivity contribution in [1.82, 2.24) is 5.43 Å². The summed E-state index contributed by atoms with van der Waals surface area (Å²) in [7, 11) is 0. The van der Waals surface area contributed by atoms with Gasteiger partial charge in [0.2, 0.25) is 0 Å². The quantitative estimate of drug-likeness (QED) is 0.230. The van der Waals surface area contributed by atoms with E-state index in [2.05, 4.69) is 31.8 Å². The molecule has 0 saturated heterocycles. The van der Waals surface area contributed by atoms with Gasteiger partial charge in [0.25, 0.3) is 0 Å². The lowest BCUT2D eigenvalue weighted by atomic mass is 10.2. The van der Waals surface area contributed by atoms with Crippen LogP contribution >= 0.6 is 62.3 Å². The molecule has 0 bridgehead atoms. The number of urea groups is 1. The molecule has 3 rings (SSSR count). The maximum absolute atomic E-state index is 12.0. The predicted octanol–water partition coefficient (Wildman–Crippen LogP) is 8.11. The van der Waals surface area contributed by atoms with Gasteiger partial charge < -0.3 is 10.1 Å². The van der Waals surface area contributed by atoms with E-state index >= 15 is 0 Å². The van der Waals surface area contributed by atoms with Gasteiger partial charge in [-0.05, 0) is 60.5 Å². The second kappa shape index (κ2) is 11.3. The zero-order valence-electron chi connectivity index (χ0n) is 16.6. The molecule has 0 aliphatic carbocycles. The van der Waals surface area contributed by atoms with E-state index in [9.17, 15) is 4.79 Å². The summed E-state index contributed by atoms with van der Waals surface area (Å²) in [6, 6.07) is 13.3. The minimum atomic E-state index is -0.486. The van der Waals surface area contributed by atoms with Crippen LogP contribution in [0.4, 0.5) is 10.5 Å². The molecule has 10 heteroatoms. The monoisotopic (exact) mass is 573 g/mol. The highest BCUT2D eigenvalue weighted by Crippen LogP contribution is 2.35. The molecule has 0 aromatic heterocycles. The Morgan fingerprint density at radius 1 is 1.03 bits per heavy atom. The summed E-state index contributed by atoms with van der Waals surface area (Å²) in [4.78, 5) is 12.0. The van der Waals surface area contributed by atoms with E-state index in [0.717, 1.165) is 15.6 Å². The summed E-state index contributed by atoms with van der Waals surface area (Å²) in [5.74, 6) is 0.313. The lowest BCUT2D eigenvalue weighted by Crippen LogP contribution is -2.24. The second-order valence-electron chi connectivity index (χ2n) is 6.63. The Labute approximate surface area is 213 Å². The number of anilines is 1. The molecule has 2 amide bonds. The van der Waals surface area contributed by atoms with Gasteiger partial charge in [-0.2, -0.15) is 5.10 Å². The standard InChI is InChI=1S/C22H16BrCl4N3O2/c1-12-6-16(4-5-17(12)23)29-22(31)30-28-10-13-7-19(26)21(20(27)8-13)32-11-14-2-3-15(24)9-18(14)25/h2-10H,11H2,1H3,(H2,29,30,31)/b28-10+. The van der Waals surface area contributed by atoms with Crippen LogP contribution in [0, 0.1) is 6.92 Å². The van der Waals surface area contributed by atoms with Crippen LogP contribution in [0.15, 0.2) is 58.1 Å². The van der Waals surface area contributed by atoms with E-state index in [0.29, 0.717) is 37.1 Å². The number of amides is 2. The molecule has 0 atom stereocenters. The lowest BCUT2D eigenvalue weighted by molar-refractivity contribution is 0.252. The smallest absolute Gasteiger partial charge is 0.339 e. The van der Waals surface area contributed by atoms with Crippen molar-refractivity contribution in [3.63, 3.8) is 0 Å². The first kappa shape index (κ1) is 24.7. The molecular weight excluding hydrogens is 560 g/mol. The predicted molar refractivity (Wildman–Crippen MR) is 136 cm³/mol. The summed E-state index contributed by atoms with van der Waals surface area (Å²) in [5.41, 5.74) is 5.35. The average molecular weight is 576 g/mol. The van der Waals surface area contributed by atoms with E-state index in [1.54, 1.807) is 36.4 Å². The average Bonchev–Trinajstić information content (AvgIpc) is 2.71. The zero-order chi connectivity index (χ0) is 23.3. The normalized spacial score (nSPS) is 10.9. The Hall–Kier alpha value is -1.96. The topological polar surface area (TPSA) is 62.7 Å². The zero-order valence-corrected chi connectivity index (χ0v) is 21.2. The van der Waals surface area contributed by atoms with Crippen molar-refractivity contribution in [2.45, 2.75) is 13.5 Å². The third-order valence-corrected chi connectivity index (χ3v) is 6.24. The van der Waals surface area contributed by atoms with Crippen molar-refractivity contribution in [1.29, 1.82) is 0 Å². The van der Waals surface area contributed by atoms with Gasteiger partial charge in [-0.1, -0.05) is 68.4 Å². The third-order valence-electron chi connectivity index (χ3n) is 4.20. The number of nitrogens with one attached hydrogen (secondary N) is 2. The summed E-state index contributed by atoms with van der Waals surface area (Å²) in [6.07, 6.45) is 1.42. The summed E-state index contributed by atoms with van der Waals surface area (Å²) in [6.45, 7) is 2.09. The fraction of sp³-hybridized carbons (Fsp3) is 0.0909. The Balaban J connectivity index is 1.60. The molecule has 166 valence electrons. The number of benzene rings is 3. The molecule has 32 heavy (non-hydrogen) atoms. The van der Waals surface area contributed by atoms with Gasteiger partial charge in [0.1, 0.15) is 6.61 Å². The first-order valence-electron chi connectivity index (χ1n) is 9.15.